The summed E-state index contributed by atoms with van der Waals surface area (Å²) in [7, 11) is 0. The number of aromatic nitrogens is 4. The molecule has 0 radical (unpaired) electrons. The maximum absolute atomic E-state index is 12.9. The molecule has 1 saturated heterocycles. The number of benzene rings is 1. The SMILES string of the molecule is CCOC(=O)C1CCCN(C(=O)CSc2nnc(-c3ccccn3)n2-c2ccc(C)cc2)C1. The second kappa shape index (κ2) is 10.6. The van der Waals surface area contributed by atoms with Crippen LogP contribution in [-0.2, 0) is 14.3 Å². The lowest BCUT2D eigenvalue weighted by atomic mass is 9.98. The zero-order valence-corrected chi connectivity index (χ0v) is 19.6. The minimum absolute atomic E-state index is 0.0214. The van der Waals surface area contributed by atoms with E-state index in [1.807, 2.05) is 54.0 Å². The Morgan fingerprint density at radius 1 is 1.15 bits per heavy atom. The summed E-state index contributed by atoms with van der Waals surface area (Å²) < 4.78 is 7.07. The van der Waals surface area contributed by atoms with Gasteiger partial charge in [-0.2, -0.15) is 0 Å². The summed E-state index contributed by atoms with van der Waals surface area (Å²) in [6.45, 7) is 5.24. The van der Waals surface area contributed by atoms with Crippen molar-refractivity contribution in [2.75, 3.05) is 25.4 Å². The van der Waals surface area contributed by atoms with Crippen molar-refractivity contribution in [1.29, 1.82) is 0 Å². The fourth-order valence-electron chi connectivity index (χ4n) is 3.82. The molecule has 0 aliphatic carbocycles. The number of rotatable bonds is 7. The van der Waals surface area contributed by atoms with Crippen molar-refractivity contribution in [3.63, 3.8) is 0 Å². The van der Waals surface area contributed by atoms with Crippen molar-refractivity contribution < 1.29 is 14.3 Å². The Morgan fingerprint density at radius 2 is 1.97 bits per heavy atom. The van der Waals surface area contributed by atoms with Crippen LogP contribution in [-0.4, -0.2) is 62.0 Å². The smallest absolute Gasteiger partial charge is 0.310 e. The van der Waals surface area contributed by atoms with Crippen LogP contribution >= 0.6 is 11.8 Å². The number of piperidine rings is 1. The number of pyridine rings is 1. The van der Waals surface area contributed by atoms with E-state index >= 15 is 0 Å². The summed E-state index contributed by atoms with van der Waals surface area (Å²) in [6, 6.07) is 13.7. The highest BCUT2D eigenvalue weighted by molar-refractivity contribution is 7.99. The molecule has 172 valence electrons. The average molecular weight is 466 g/mol. The average Bonchev–Trinajstić information content (AvgIpc) is 3.28. The van der Waals surface area contributed by atoms with Crippen LogP contribution in [0, 0.1) is 12.8 Å². The van der Waals surface area contributed by atoms with E-state index in [0.29, 0.717) is 36.4 Å². The topological polar surface area (TPSA) is 90.2 Å². The van der Waals surface area contributed by atoms with Gasteiger partial charge < -0.3 is 9.64 Å². The van der Waals surface area contributed by atoms with Crippen molar-refractivity contribution in [2.45, 2.75) is 31.8 Å². The van der Waals surface area contributed by atoms with Crippen LogP contribution in [0.25, 0.3) is 17.2 Å². The second-order valence-electron chi connectivity index (χ2n) is 7.91. The van der Waals surface area contributed by atoms with Gasteiger partial charge in [-0.15, -0.1) is 10.2 Å². The van der Waals surface area contributed by atoms with Gasteiger partial charge >= 0.3 is 5.97 Å². The zero-order valence-electron chi connectivity index (χ0n) is 18.8. The predicted molar refractivity (Wildman–Crippen MR) is 126 cm³/mol. The van der Waals surface area contributed by atoms with E-state index in [1.54, 1.807) is 18.0 Å². The second-order valence-corrected chi connectivity index (χ2v) is 8.85. The van der Waals surface area contributed by atoms with Gasteiger partial charge in [0.05, 0.1) is 18.3 Å². The molecule has 8 nitrogen and oxygen atoms in total. The largest absolute Gasteiger partial charge is 0.466 e. The number of ether oxygens (including phenoxy) is 1. The van der Waals surface area contributed by atoms with Crippen molar-refractivity contribution in [3.8, 4) is 17.2 Å². The van der Waals surface area contributed by atoms with Gasteiger partial charge in [0.15, 0.2) is 11.0 Å². The van der Waals surface area contributed by atoms with Gasteiger partial charge in [-0.05, 0) is 51.0 Å². The summed E-state index contributed by atoms with van der Waals surface area (Å²) in [5.74, 6) is 0.338. The molecule has 9 heteroatoms. The first-order valence-corrected chi connectivity index (χ1v) is 12.1. The van der Waals surface area contributed by atoms with E-state index in [-0.39, 0.29) is 23.5 Å². The molecule has 4 rings (SSSR count). The number of esters is 1. The molecule has 3 aromatic rings. The van der Waals surface area contributed by atoms with Crippen LogP contribution < -0.4 is 0 Å². The van der Waals surface area contributed by atoms with Gasteiger partial charge in [-0.1, -0.05) is 35.5 Å². The Morgan fingerprint density at radius 3 is 2.70 bits per heavy atom. The van der Waals surface area contributed by atoms with Crippen molar-refractivity contribution in [2.24, 2.45) is 5.92 Å². The standard InChI is InChI=1S/C24H27N5O3S/c1-3-32-23(31)18-7-6-14-28(15-18)21(30)16-33-24-27-26-22(20-8-4-5-13-25-20)29(24)19-11-9-17(2)10-12-19/h4-5,8-13,18H,3,6-7,14-16H2,1-2H3. The minimum Gasteiger partial charge on any atom is -0.466 e. The highest BCUT2D eigenvalue weighted by atomic mass is 32.2. The van der Waals surface area contributed by atoms with E-state index < -0.39 is 0 Å². The summed E-state index contributed by atoms with van der Waals surface area (Å²) >= 11 is 1.34. The monoisotopic (exact) mass is 465 g/mol. The fraction of sp³-hybridized carbons (Fsp3) is 0.375. The van der Waals surface area contributed by atoms with E-state index in [1.165, 1.54) is 11.8 Å². The lowest BCUT2D eigenvalue weighted by Gasteiger charge is -2.31. The lowest BCUT2D eigenvalue weighted by molar-refractivity contribution is -0.151. The van der Waals surface area contributed by atoms with Crippen LogP contribution in [0.3, 0.4) is 0 Å². The minimum atomic E-state index is -0.250. The van der Waals surface area contributed by atoms with Crippen LogP contribution in [0.4, 0.5) is 0 Å². The lowest BCUT2D eigenvalue weighted by Crippen LogP contribution is -2.43. The number of hydrogen-bond acceptors (Lipinski definition) is 7. The van der Waals surface area contributed by atoms with E-state index in [0.717, 1.165) is 24.1 Å². The highest BCUT2D eigenvalue weighted by Crippen LogP contribution is 2.28. The van der Waals surface area contributed by atoms with Crippen LogP contribution in [0.1, 0.15) is 25.3 Å². The van der Waals surface area contributed by atoms with Crippen molar-refractivity contribution in [3.05, 3.63) is 54.2 Å². The Balaban J connectivity index is 1.52. The molecule has 1 unspecified atom stereocenters. The summed E-state index contributed by atoms with van der Waals surface area (Å²) in [4.78, 5) is 31.2. The molecule has 1 fully saturated rings. The van der Waals surface area contributed by atoms with Gasteiger partial charge in [-0.25, -0.2) is 0 Å². The first-order chi connectivity index (χ1) is 16.1. The van der Waals surface area contributed by atoms with Gasteiger partial charge in [-0.3, -0.25) is 19.1 Å². The Labute approximate surface area is 197 Å². The molecular weight excluding hydrogens is 438 g/mol. The third kappa shape index (κ3) is 5.42. The molecular formula is C24H27N5O3S. The number of carbonyl (C=O) groups is 2. The number of amides is 1. The quantitative estimate of drug-likeness (QED) is 0.389. The summed E-state index contributed by atoms with van der Waals surface area (Å²) in [5, 5.41) is 9.36. The van der Waals surface area contributed by atoms with Crippen LogP contribution in [0.5, 0.6) is 0 Å². The number of hydrogen-bond donors (Lipinski definition) is 0. The van der Waals surface area contributed by atoms with Crippen LogP contribution in [0.2, 0.25) is 0 Å². The molecule has 1 atom stereocenters. The molecule has 33 heavy (non-hydrogen) atoms. The molecule has 3 heterocycles. The number of thioether (sulfide) groups is 1. The van der Waals surface area contributed by atoms with E-state index in [4.69, 9.17) is 4.74 Å². The normalized spacial score (nSPS) is 15.9. The Kier molecular flexibility index (Phi) is 7.39. The van der Waals surface area contributed by atoms with E-state index in [9.17, 15) is 9.59 Å². The van der Waals surface area contributed by atoms with Gasteiger partial charge in [0.1, 0.15) is 5.69 Å². The van der Waals surface area contributed by atoms with Crippen LogP contribution in [0.15, 0.2) is 53.8 Å². The Hall–Kier alpha value is -3.20. The fourth-order valence-corrected chi connectivity index (χ4v) is 4.68. The summed E-state index contributed by atoms with van der Waals surface area (Å²) in [6.07, 6.45) is 3.27. The van der Waals surface area contributed by atoms with Gasteiger partial charge in [0, 0.05) is 25.0 Å². The molecule has 2 aromatic heterocycles. The molecule has 0 N–H and O–H groups in total. The zero-order chi connectivity index (χ0) is 23.2. The van der Waals surface area contributed by atoms with Crippen molar-refractivity contribution >= 4 is 23.6 Å². The number of nitrogens with zero attached hydrogens (tertiary/aromatic N) is 5. The molecule has 1 aliphatic heterocycles. The first-order valence-electron chi connectivity index (χ1n) is 11.1. The highest BCUT2D eigenvalue weighted by Gasteiger charge is 2.29. The number of aryl methyl sites for hydroxylation is 1. The van der Waals surface area contributed by atoms with Gasteiger partial charge in [0.25, 0.3) is 0 Å². The Bertz CT molecular complexity index is 1100. The molecule has 0 saturated carbocycles. The molecule has 1 aromatic carbocycles. The number of carbonyl (C=O) groups excluding carboxylic acids is 2. The maximum atomic E-state index is 12.9. The van der Waals surface area contributed by atoms with E-state index in [2.05, 4.69) is 15.2 Å². The first kappa shape index (κ1) is 23.0. The third-order valence-corrected chi connectivity index (χ3v) is 6.45. The predicted octanol–water partition coefficient (Wildman–Crippen LogP) is 3.53. The number of likely N-dealkylation sites (tertiary alicyclic amines) is 1. The maximum Gasteiger partial charge on any atom is 0.310 e. The summed E-state index contributed by atoms with van der Waals surface area (Å²) in [5.41, 5.74) is 2.76. The van der Waals surface area contributed by atoms with Gasteiger partial charge in [0.2, 0.25) is 5.91 Å². The van der Waals surface area contributed by atoms with Crippen molar-refractivity contribution in [1.82, 2.24) is 24.6 Å². The molecule has 1 aliphatic rings. The molecule has 0 bridgehead atoms. The molecule has 0 spiro atoms. The molecule has 1 amide bonds. The third-order valence-electron chi connectivity index (χ3n) is 5.54.